The van der Waals surface area contributed by atoms with E-state index in [4.69, 9.17) is 5.26 Å². The molecule has 1 heterocycles. The van der Waals surface area contributed by atoms with Gasteiger partial charge in [0.15, 0.2) is 0 Å². The third kappa shape index (κ3) is 3.74. The second-order valence-corrected chi connectivity index (χ2v) is 4.13. The summed E-state index contributed by atoms with van der Waals surface area (Å²) in [5.74, 6) is -0.0552. The van der Waals surface area contributed by atoms with E-state index in [0.29, 0.717) is 19.5 Å². The van der Waals surface area contributed by atoms with Gasteiger partial charge in [0.2, 0.25) is 5.91 Å². The topological polar surface area (TPSA) is 66.1 Å². The lowest BCUT2D eigenvalue weighted by Gasteiger charge is -2.16. The minimum Gasteiger partial charge on any atom is -0.345 e. The molecule has 0 fully saturated rings. The fourth-order valence-electron chi connectivity index (χ4n) is 1.65. The van der Waals surface area contributed by atoms with E-state index in [0.717, 1.165) is 5.69 Å². The molecule has 0 saturated heterocycles. The molecule has 0 N–H and O–H groups in total. The lowest BCUT2D eigenvalue weighted by Crippen LogP contribution is -2.30. The lowest BCUT2D eigenvalue weighted by molar-refractivity contribution is -0.130. The predicted molar refractivity (Wildman–Crippen MR) is 67.9 cm³/mol. The van der Waals surface area contributed by atoms with E-state index in [1.54, 1.807) is 17.7 Å². The Bertz CT molecular complexity index is 514. The largest absolute Gasteiger partial charge is 0.345 e. The molecule has 0 bridgehead atoms. The Kier molecular flexibility index (Phi) is 5.12. The van der Waals surface area contributed by atoms with Gasteiger partial charge in [-0.25, -0.2) is 0 Å². The molecular weight excluding hydrogens is 230 g/mol. The van der Waals surface area contributed by atoms with Gasteiger partial charge in [0.05, 0.1) is 12.5 Å². The molecule has 1 amide bonds. The first-order valence-corrected chi connectivity index (χ1v) is 5.83. The summed E-state index contributed by atoms with van der Waals surface area (Å²) in [6, 6.07) is 7.02. The molecule has 0 aromatic carbocycles. The number of aryl methyl sites for hydroxylation is 1. The summed E-state index contributed by atoms with van der Waals surface area (Å²) in [7, 11) is 1.67. The van der Waals surface area contributed by atoms with Gasteiger partial charge in [-0.05, 0) is 13.0 Å². The third-order valence-electron chi connectivity index (χ3n) is 2.80. The van der Waals surface area contributed by atoms with Crippen molar-refractivity contribution >= 4 is 5.91 Å². The molecule has 0 saturated carbocycles. The molecule has 1 aromatic heterocycles. The van der Waals surface area contributed by atoms with Gasteiger partial charge in [0.1, 0.15) is 0 Å². The van der Waals surface area contributed by atoms with Crippen molar-refractivity contribution in [2.24, 2.45) is 0 Å². The van der Waals surface area contributed by atoms with Crippen LogP contribution in [-0.2, 0) is 11.3 Å². The van der Waals surface area contributed by atoms with Crippen molar-refractivity contribution < 1.29 is 4.79 Å². The molecule has 0 aliphatic rings. The van der Waals surface area contributed by atoms with Crippen LogP contribution in [0, 0.1) is 18.3 Å². The van der Waals surface area contributed by atoms with Gasteiger partial charge >= 0.3 is 0 Å². The summed E-state index contributed by atoms with van der Waals surface area (Å²) in [6.45, 7) is 2.64. The first-order valence-electron chi connectivity index (χ1n) is 5.83. The Hall–Kier alpha value is -2.09. The Morgan fingerprint density at radius 2 is 2.22 bits per heavy atom. The molecule has 1 rings (SSSR count). The van der Waals surface area contributed by atoms with Crippen molar-refractivity contribution in [3.05, 3.63) is 34.2 Å². The highest BCUT2D eigenvalue weighted by atomic mass is 16.2. The van der Waals surface area contributed by atoms with Gasteiger partial charge in [0, 0.05) is 38.3 Å². The number of amides is 1. The van der Waals surface area contributed by atoms with Crippen LogP contribution in [0.25, 0.3) is 0 Å². The maximum absolute atomic E-state index is 11.7. The molecule has 0 radical (unpaired) electrons. The zero-order valence-corrected chi connectivity index (χ0v) is 10.7. The Morgan fingerprint density at radius 3 is 2.83 bits per heavy atom. The molecule has 1 aromatic rings. The maximum atomic E-state index is 11.7. The smallest absolute Gasteiger partial charge is 0.250 e. The molecule has 18 heavy (non-hydrogen) atoms. The van der Waals surface area contributed by atoms with E-state index in [1.165, 1.54) is 11.0 Å². The van der Waals surface area contributed by atoms with Crippen LogP contribution in [0.2, 0.25) is 0 Å². The highest BCUT2D eigenvalue weighted by molar-refractivity contribution is 5.75. The van der Waals surface area contributed by atoms with Crippen LogP contribution < -0.4 is 5.56 Å². The Balaban J connectivity index is 2.58. The summed E-state index contributed by atoms with van der Waals surface area (Å²) in [6.07, 6.45) is 0.596. The predicted octanol–water partition coefficient (Wildman–Crippen LogP) is 0.919. The number of nitrogens with zero attached hydrogens (tertiary/aromatic N) is 3. The molecule has 0 atom stereocenters. The second-order valence-electron chi connectivity index (χ2n) is 4.13. The monoisotopic (exact) mass is 247 g/mol. The summed E-state index contributed by atoms with van der Waals surface area (Å²) in [5, 5.41) is 8.44. The van der Waals surface area contributed by atoms with Gasteiger partial charge in [-0.2, -0.15) is 5.26 Å². The van der Waals surface area contributed by atoms with Crippen LogP contribution in [0.4, 0.5) is 0 Å². The highest BCUT2D eigenvalue weighted by Crippen LogP contribution is 1.99. The number of carbonyl (C=O) groups is 1. The van der Waals surface area contributed by atoms with Crippen molar-refractivity contribution in [2.45, 2.75) is 26.3 Å². The standard InChI is InChI=1S/C13H17N3O2/c1-11-5-3-6-13(18)16(11)10-7-12(17)15(2)9-4-8-14/h3,5-6H,4,7,9-10H2,1-2H3. The lowest BCUT2D eigenvalue weighted by atomic mass is 10.3. The molecule has 5 heteroatoms. The SMILES string of the molecule is Cc1cccc(=O)n1CCC(=O)N(C)CCC#N. The van der Waals surface area contributed by atoms with Crippen LogP contribution in [-0.4, -0.2) is 29.0 Å². The molecule has 0 unspecified atom stereocenters. The van der Waals surface area contributed by atoms with Crippen LogP contribution in [0.15, 0.2) is 23.0 Å². The molecule has 96 valence electrons. The normalized spacial score (nSPS) is 9.83. The van der Waals surface area contributed by atoms with Crippen molar-refractivity contribution in [1.29, 1.82) is 5.26 Å². The fraction of sp³-hybridized carbons (Fsp3) is 0.462. The minimum atomic E-state index is -0.0949. The molecule has 0 aliphatic heterocycles. The van der Waals surface area contributed by atoms with E-state index in [1.807, 2.05) is 19.1 Å². The summed E-state index contributed by atoms with van der Waals surface area (Å²) < 4.78 is 1.58. The van der Waals surface area contributed by atoms with E-state index in [9.17, 15) is 9.59 Å². The zero-order valence-electron chi connectivity index (χ0n) is 10.7. The third-order valence-corrected chi connectivity index (χ3v) is 2.80. The zero-order chi connectivity index (χ0) is 13.5. The average Bonchev–Trinajstić information content (AvgIpc) is 2.35. The van der Waals surface area contributed by atoms with Crippen molar-refractivity contribution in [2.75, 3.05) is 13.6 Å². The molecule has 0 aliphatic carbocycles. The van der Waals surface area contributed by atoms with Crippen LogP contribution in [0.3, 0.4) is 0 Å². The maximum Gasteiger partial charge on any atom is 0.250 e. The van der Waals surface area contributed by atoms with E-state index >= 15 is 0 Å². The van der Waals surface area contributed by atoms with Crippen molar-refractivity contribution in [3.8, 4) is 6.07 Å². The van der Waals surface area contributed by atoms with Gasteiger partial charge in [-0.3, -0.25) is 9.59 Å². The van der Waals surface area contributed by atoms with Crippen LogP contribution in [0.5, 0.6) is 0 Å². The number of aromatic nitrogens is 1. The van der Waals surface area contributed by atoms with Gasteiger partial charge < -0.3 is 9.47 Å². The minimum absolute atomic E-state index is 0.0552. The summed E-state index contributed by atoms with van der Waals surface area (Å²) >= 11 is 0. The number of rotatable bonds is 5. The number of hydrogen-bond donors (Lipinski definition) is 0. The van der Waals surface area contributed by atoms with Crippen LogP contribution in [0.1, 0.15) is 18.5 Å². The van der Waals surface area contributed by atoms with Gasteiger partial charge in [0.25, 0.3) is 5.56 Å². The van der Waals surface area contributed by atoms with Crippen LogP contribution >= 0.6 is 0 Å². The Morgan fingerprint density at radius 1 is 1.50 bits per heavy atom. The fourth-order valence-corrected chi connectivity index (χ4v) is 1.65. The highest BCUT2D eigenvalue weighted by Gasteiger charge is 2.09. The number of pyridine rings is 1. The number of carbonyl (C=O) groups excluding carboxylic acids is 1. The first kappa shape index (κ1) is 14.0. The number of nitriles is 1. The first-order chi connectivity index (χ1) is 8.56. The Labute approximate surface area is 106 Å². The molecule has 0 spiro atoms. The molecule has 5 nitrogen and oxygen atoms in total. The van der Waals surface area contributed by atoms with E-state index in [2.05, 4.69) is 0 Å². The average molecular weight is 247 g/mol. The number of hydrogen-bond acceptors (Lipinski definition) is 3. The second kappa shape index (κ2) is 6.60. The van der Waals surface area contributed by atoms with Gasteiger partial charge in [-0.1, -0.05) is 6.07 Å². The quantitative estimate of drug-likeness (QED) is 0.777. The molecular formula is C13H17N3O2. The summed E-state index contributed by atoms with van der Waals surface area (Å²) in [5.41, 5.74) is 0.748. The van der Waals surface area contributed by atoms with E-state index in [-0.39, 0.29) is 17.9 Å². The van der Waals surface area contributed by atoms with Gasteiger partial charge in [-0.15, -0.1) is 0 Å². The summed E-state index contributed by atoms with van der Waals surface area (Å²) in [4.78, 5) is 24.9. The van der Waals surface area contributed by atoms with Crippen molar-refractivity contribution in [3.63, 3.8) is 0 Å². The van der Waals surface area contributed by atoms with E-state index < -0.39 is 0 Å². The van der Waals surface area contributed by atoms with Crippen molar-refractivity contribution in [1.82, 2.24) is 9.47 Å².